The number of hydrogen-bond acceptors (Lipinski definition) is 3. The Morgan fingerprint density at radius 3 is 3.00 bits per heavy atom. The van der Waals surface area contributed by atoms with Crippen LogP contribution in [0.15, 0.2) is 5.11 Å². The third-order valence-corrected chi connectivity index (χ3v) is 3.67. The van der Waals surface area contributed by atoms with Gasteiger partial charge < -0.3 is 9.84 Å². The lowest BCUT2D eigenvalue weighted by Gasteiger charge is -2.33. The molecule has 0 bridgehead atoms. The van der Waals surface area contributed by atoms with Gasteiger partial charge in [0.2, 0.25) is 0 Å². The van der Waals surface area contributed by atoms with Crippen molar-refractivity contribution in [3.8, 4) is 0 Å². The van der Waals surface area contributed by atoms with Crippen LogP contribution in [0.5, 0.6) is 0 Å². The van der Waals surface area contributed by atoms with Crippen LogP contribution in [0, 0.1) is 0 Å². The van der Waals surface area contributed by atoms with Crippen LogP contribution in [0.4, 0.5) is 0 Å². The van der Waals surface area contributed by atoms with Gasteiger partial charge in [0.05, 0.1) is 12.1 Å². The van der Waals surface area contributed by atoms with Gasteiger partial charge in [0.25, 0.3) is 0 Å². The van der Waals surface area contributed by atoms with Crippen LogP contribution in [-0.2, 0) is 4.74 Å². The van der Waals surface area contributed by atoms with Gasteiger partial charge in [-0.3, -0.25) is 0 Å². The van der Waals surface area contributed by atoms with Gasteiger partial charge in [-0.25, -0.2) is 0 Å². The quantitative estimate of drug-likeness (QED) is 0.261. The van der Waals surface area contributed by atoms with E-state index < -0.39 is 6.29 Å². The Morgan fingerprint density at radius 2 is 2.42 bits per heavy atom. The number of halogens is 1. The summed E-state index contributed by atoms with van der Waals surface area (Å²) in [5, 5.41) is 12.8. The summed E-state index contributed by atoms with van der Waals surface area (Å²) in [4.78, 5) is 2.73. The minimum Gasteiger partial charge on any atom is -0.368 e. The van der Waals surface area contributed by atoms with E-state index in [1.165, 1.54) is 0 Å². The van der Waals surface area contributed by atoms with Gasteiger partial charge in [-0.05, 0) is 12.5 Å². The minimum absolute atomic E-state index is 0.0650. The first-order valence-electron chi connectivity index (χ1n) is 3.67. The number of alkyl halides is 1. The van der Waals surface area contributed by atoms with E-state index in [9.17, 15) is 5.11 Å². The number of hydrogen-bond donors (Lipinski definition) is 1. The molecule has 6 heteroatoms. The van der Waals surface area contributed by atoms with Crippen molar-refractivity contribution < 1.29 is 9.84 Å². The molecule has 0 aromatic rings. The second kappa shape index (κ2) is 4.27. The Hall–Kier alpha value is -0.0400. The monoisotopic (exact) mass is 283 g/mol. The van der Waals surface area contributed by atoms with E-state index in [1.807, 2.05) is 6.92 Å². The van der Waals surface area contributed by atoms with E-state index in [4.69, 9.17) is 10.3 Å². The fourth-order valence-electron chi connectivity index (χ4n) is 1.20. The van der Waals surface area contributed by atoms with E-state index in [0.717, 1.165) is 0 Å². The molecule has 4 atom stereocenters. The predicted octanol–water partition coefficient (Wildman–Crippen LogP) is 1.60. The molecule has 0 radical (unpaired) electrons. The first-order valence-corrected chi connectivity index (χ1v) is 4.91. The molecule has 1 aliphatic heterocycles. The van der Waals surface area contributed by atoms with Crippen LogP contribution < -0.4 is 0 Å². The van der Waals surface area contributed by atoms with Gasteiger partial charge in [-0.1, -0.05) is 27.7 Å². The molecule has 1 unspecified atom stereocenters. The number of aliphatic hydroxyl groups excluding tert-OH is 1. The summed E-state index contributed by atoms with van der Waals surface area (Å²) < 4.78 is 5.28. The summed E-state index contributed by atoms with van der Waals surface area (Å²) in [5.74, 6) is 0. The van der Waals surface area contributed by atoms with E-state index in [1.54, 1.807) is 0 Å². The predicted molar refractivity (Wildman–Crippen MR) is 51.9 cm³/mol. The van der Waals surface area contributed by atoms with Crippen LogP contribution in [0.3, 0.4) is 0 Å². The Morgan fingerprint density at radius 1 is 1.75 bits per heavy atom. The van der Waals surface area contributed by atoms with Crippen molar-refractivity contribution in [3.63, 3.8) is 0 Å². The molecule has 0 aromatic carbocycles. The summed E-state index contributed by atoms with van der Waals surface area (Å²) >= 11 is 2.18. The van der Waals surface area contributed by atoms with Crippen LogP contribution in [0.2, 0.25) is 0 Å². The van der Waals surface area contributed by atoms with Crippen LogP contribution >= 0.6 is 22.6 Å². The standard InChI is InChI=1S/C6H10IN3O2/c1-3-6(7)4(9-10-8)2-5(11)12-3/h3-6,11H,2H2,1H3/t3-,4-,5?,6+/m0/s1. The fraction of sp³-hybridized carbons (Fsp3) is 1.00. The second-order valence-corrected chi connectivity index (χ2v) is 4.19. The van der Waals surface area contributed by atoms with Crippen molar-refractivity contribution in [3.05, 3.63) is 10.4 Å². The molecular formula is C6H10IN3O2. The highest BCUT2D eigenvalue weighted by Gasteiger charge is 2.33. The molecule has 1 N–H and O–H groups in total. The number of nitrogens with zero attached hydrogens (tertiary/aromatic N) is 3. The average Bonchev–Trinajstić information content (AvgIpc) is 2.00. The normalized spacial score (nSPS) is 41.9. The summed E-state index contributed by atoms with van der Waals surface area (Å²) in [6.07, 6.45) is -0.464. The first kappa shape index (κ1) is 10.0. The van der Waals surface area contributed by atoms with E-state index >= 15 is 0 Å². The van der Waals surface area contributed by atoms with Crippen molar-refractivity contribution in [2.45, 2.75) is 35.7 Å². The Balaban J connectivity index is 2.65. The zero-order valence-electron chi connectivity index (χ0n) is 6.59. The first-order chi connectivity index (χ1) is 5.65. The molecular weight excluding hydrogens is 273 g/mol. The highest BCUT2D eigenvalue weighted by atomic mass is 127. The lowest BCUT2D eigenvalue weighted by molar-refractivity contribution is -0.156. The molecule has 0 amide bonds. The minimum atomic E-state index is -0.790. The third kappa shape index (κ3) is 2.22. The van der Waals surface area contributed by atoms with Gasteiger partial charge in [-0.15, -0.1) is 0 Å². The largest absolute Gasteiger partial charge is 0.368 e. The summed E-state index contributed by atoms with van der Waals surface area (Å²) in [5.41, 5.74) is 8.24. The highest BCUT2D eigenvalue weighted by molar-refractivity contribution is 14.1. The maximum atomic E-state index is 9.19. The Labute approximate surface area is 83.9 Å². The lowest BCUT2D eigenvalue weighted by atomic mass is 10.0. The zero-order chi connectivity index (χ0) is 9.14. The molecule has 12 heavy (non-hydrogen) atoms. The Bertz CT molecular complexity index is 207. The number of azide groups is 1. The second-order valence-electron chi connectivity index (χ2n) is 2.75. The highest BCUT2D eigenvalue weighted by Crippen LogP contribution is 2.27. The molecule has 0 aromatic heterocycles. The zero-order valence-corrected chi connectivity index (χ0v) is 8.75. The van der Waals surface area contributed by atoms with Crippen molar-refractivity contribution in [2.75, 3.05) is 0 Å². The molecule has 1 rings (SSSR count). The SMILES string of the molecule is C[C@@H]1OC(O)C[C@H](N=[N+]=[N-])[C@@H]1I. The van der Waals surface area contributed by atoms with Crippen molar-refractivity contribution >= 4 is 22.6 Å². The van der Waals surface area contributed by atoms with Crippen molar-refractivity contribution in [1.29, 1.82) is 0 Å². The van der Waals surface area contributed by atoms with Gasteiger partial charge in [-0.2, -0.15) is 0 Å². The van der Waals surface area contributed by atoms with Crippen LogP contribution in [0.25, 0.3) is 10.4 Å². The van der Waals surface area contributed by atoms with E-state index in [0.29, 0.717) is 6.42 Å². The molecule has 1 fully saturated rings. The number of ether oxygens (including phenoxy) is 1. The number of rotatable bonds is 1. The van der Waals surface area contributed by atoms with E-state index in [-0.39, 0.29) is 16.1 Å². The van der Waals surface area contributed by atoms with Crippen LogP contribution in [0.1, 0.15) is 13.3 Å². The smallest absolute Gasteiger partial charge is 0.155 e. The molecule has 0 saturated carbocycles. The third-order valence-electron chi connectivity index (χ3n) is 1.83. The van der Waals surface area contributed by atoms with Crippen molar-refractivity contribution in [1.82, 2.24) is 0 Å². The fourth-order valence-corrected chi connectivity index (χ4v) is 1.81. The topological polar surface area (TPSA) is 78.2 Å². The molecule has 5 nitrogen and oxygen atoms in total. The number of aliphatic hydroxyl groups is 1. The summed E-state index contributed by atoms with van der Waals surface area (Å²) in [6.45, 7) is 1.86. The molecule has 1 aliphatic rings. The van der Waals surface area contributed by atoms with Gasteiger partial charge in [0, 0.05) is 15.3 Å². The summed E-state index contributed by atoms with van der Waals surface area (Å²) in [6, 6.07) is -0.158. The molecule has 1 heterocycles. The van der Waals surface area contributed by atoms with Gasteiger partial charge >= 0.3 is 0 Å². The van der Waals surface area contributed by atoms with Gasteiger partial charge in [0.15, 0.2) is 6.29 Å². The summed E-state index contributed by atoms with van der Waals surface area (Å²) in [7, 11) is 0. The van der Waals surface area contributed by atoms with Crippen molar-refractivity contribution in [2.24, 2.45) is 5.11 Å². The van der Waals surface area contributed by atoms with E-state index in [2.05, 4.69) is 32.6 Å². The molecule has 1 saturated heterocycles. The molecule has 68 valence electrons. The molecule has 0 aliphatic carbocycles. The maximum Gasteiger partial charge on any atom is 0.155 e. The maximum absolute atomic E-state index is 9.19. The van der Waals surface area contributed by atoms with Crippen LogP contribution in [-0.4, -0.2) is 27.5 Å². The lowest BCUT2D eigenvalue weighted by Crippen LogP contribution is -2.42. The Kier molecular flexibility index (Phi) is 3.57. The average molecular weight is 283 g/mol. The van der Waals surface area contributed by atoms with Gasteiger partial charge in [0.1, 0.15) is 0 Å². The molecule has 0 spiro atoms.